The SMILES string of the molecule is Cl.O=S1(=O)CCCC2(CCCNC2)C1. The van der Waals surface area contributed by atoms with Crippen molar-refractivity contribution in [3.63, 3.8) is 0 Å². The standard InChI is InChI=1S/C9H17NO2S.ClH/c11-13(12)6-2-4-9(8-13)3-1-5-10-7-9;/h10H,1-8H2;1H. The molecule has 1 atom stereocenters. The monoisotopic (exact) mass is 239 g/mol. The Morgan fingerprint density at radius 3 is 2.43 bits per heavy atom. The molecule has 2 aliphatic heterocycles. The van der Waals surface area contributed by atoms with Crippen molar-refractivity contribution < 1.29 is 8.42 Å². The fourth-order valence-corrected chi connectivity index (χ4v) is 4.70. The lowest BCUT2D eigenvalue weighted by Gasteiger charge is -2.40. The predicted molar refractivity (Wildman–Crippen MR) is 59.7 cm³/mol. The van der Waals surface area contributed by atoms with Crippen molar-refractivity contribution >= 4 is 22.2 Å². The summed E-state index contributed by atoms with van der Waals surface area (Å²) in [6.07, 6.45) is 4.19. The summed E-state index contributed by atoms with van der Waals surface area (Å²) in [6.45, 7) is 1.97. The first-order valence-corrected chi connectivity index (χ1v) is 6.85. The van der Waals surface area contributed by atoms with Gasteiger partial charge in [0.2, 0.25) is 0 Å². The molecule has 0 aromatic carbocycles. The minimum atomic E-state index is -2.73. The molecule has 5 heteroatoms. The van der Waals surface area contributed by atoms with Gasteiger partial charge in [0, 0.05) is 6.54 Å². The molecule has 2 aliphatic rings. The van der Waals surface area contributed by atoms with E-state index in [4.69, 9.17) is 0 Å². The zero-order valence-corrected chi connectivity index (χ0v) is 9.92. The first kappa shape index (κ1) is 12.3. The van der Waals surface area contributed by atoms with E-state index in [1.165, 1.54) is 0 Å². The van der Waals surface area contributed by atoms with Gasteiger partial charge in [-0.2, -0.15) is 0 Å². The number of rotatable bonds is 0. The van der Waals surface area contributed by atoms with Crippen LogP contribution >= 0.6 is 12.4 Å². The molecule has 0 aliphatic carbocycles. The maximum Gasteiger partial charge on any atom is 0.150 e. The van der Waals surface area contributed by atoms with Crippen LogP contribution in [0.4, 0.5) is 0 Å². The third-order valence-corrected chi connectivity index (χ3v) is 5.21. The van der Waals surface area contributed by atoms with Crippen LogP contribution in [0.25, 0.3) is 0 Å². The molecule has 14 heavy (non-hydrogen) atoms. The third kappa shape index (κ3) is 2.61. The fraction of sp³-hybridized carbons (Fsp3) is 1.00. The lowest BCUT2D eigenvalue weighted by molar-refractivity contribution is 0.213. The molecule has 2 fully saturated rings. The summed E-state index contributed by atoms with van der Waals surface area (Å²) in [6, 6.07) is 0. The third-order valence-electron chi connectivity index (χ3n) is 3.25. The summed E-state index contributed by atoms with van der Waals surface area (Å²) in [5.74, 6) is 0.835. The average molecular weight is 240 g/mol. The van der Waals surface area contributed by atoms with Gasteiger partial charge in [-0.3, -0.25) is 0 Å². The molecular weight excluding hydrogens is 222 g/mol. The van der Waals surface area contributed by atoms with Crippen LogP contribution < -0.4 is 5.32 Å². The smallest absolute Gasteiger partial charge is 0.150 e. The van der Waals surface area contributed by atoms with Crippen LogP contribution in [-0.2, 0) is 9.84 Å². The lowest BCUT2D eigenvalue weighted by atomic mass is 9.78. The van der Waals surface area contributed by atoms with Gasteiger partial charge < -0.3 is 5.32 Å². The molecule has 2 saturated heterocycles. The summed E-state index contributed by atoms with van der Waals surface area (Å²) in [5, 5.41) is 3.32. The minimum Gasteiger partial charge on any atom is -0.316 e. The van der Waals surface area contributed by atoms with E-state index in [9.17, 15) is 8.42 Å². The number of sulfone groups is 1. The Balaban J connectivity index is 0.000000980. The molecule has 2 heterocycles. The number of hydrogen-bond donors (Lipinski definition) is 1. The Hall–Kier alpha value is 0.200. The van der Waals surface area contributed by atoms with E-state index in [1.807, 2.05) is 0 Å². The van der Waals surface area contributed by atoms with E-state index in [1.54, 1.807) is 0 Å². The second-order valence-corrected chi connectivity index (χ2v) is 6.66. The van der Waals surface area contributed by atoms with Gasteiger partial charge in [-0.05, 0) is 37.6 Å². The highest BCUT2D eigenvalue weighted by Crippen LogP contribution is 2.36. The van der Waals surface area contributed by atoms with E-state index in [-0.39, 0.29) is 17.8 Å². The van der Waals surface area contributed by atoms with Crippen LogP contribution in [0.5, 0.6) is 0 Å². The van der Waals surface area contributed by atoms with Crippen molar-refractivity contribution in [1.29, 1.82) is 0 Å². The number of piperidine rings is 1. The Morgan fingerprint density at radius 2 is 1.86 bits per heavy atom. The van der Waals surface area contributed by atoms with Crippen LogP contribution in [-0.4, -0.2) is 33.0 Å². The summed E-state index contributed by atoms with van der Waals surface area (Å²) in [4.78, 5) is 0. The Kier molecular flexibility index (Phi) is 3.83. The molecule has 1 unspecified atom stereocenters. The summed E-state index contributed by atoms with van der Waals surface area (Å²) in [7, 11) is -2.73. The van der Waals surface area contributed by atoms with Crippen molar-refractivity contribution in [1.82, 2.24) is 5.32 Å². The van der Waals surface area contributed by atoms with Crippen molar-refractivity contribution in [2.45, 2.75) is 25.7 Å². The van der Waals surface area contributed by atoms with Crippen LogP contribution in [0.2, 0.25) is 0 Å². The normalized spacial score (nSPS) is 36.3. The maximum absolute atomic E-state index is 11.5. The number of hydrogen-bond acceptors (Lipinski definition) is 3. The first-order chi connectivity index (χ1) is 6.12. The largest absolute Gasteiger partial charge is 0.316 e. The molecule has 3 nitrogen and oxygen atoms in total. The second kappa shape index (κ2) is 4.37. The molecule has 0 radical (unpaired) electrons. The fourth-order valence-electron chi connectivity index (χ4n) is 2.64. The summed E-state index contributed by atoms with van der Waals surface area (Å²) < 4.78 is 23.0. The molecular formula is C9H18ClNO2S. The highest BCUT2D eigenvalue weighted by atomic mass is 35.5. The zero-order chi connectivity index (χ0) is 9.36. The molecule has 0 amide bonds. The summed E-state index contributed by atoms with van der Waals surface area (Å²) in [5.41, 5.74) is 0.0926. The Bertz CT molecular complexity index is 278. The average Bonchev–Trinajstić information content (AvgIpc) is 2.03. The van der Waals surface area contributed by atoms with Gasteiger partial charge in [0.15, 0.2) is 9.84 Å². The van der Waals surface area contributed by atoms with Gasteiger partial charge in [-0.25, -0.2) is 8.42 Å². The molecule has 1 spiro atoms. The highest BCUT2D eigenvalue weighted by Gasteiger charge is 2.39. The molecule has 0 aromatic rings. The number of halogens is 1. The van der Waals surface area contributed by atoms with Crippen LogP contribution in [0.1, 0.15) is 25.7 Å². The van der Waals surface area contributed by atoms with Gasteiger partial charge >= 0.3 is 0 Å². The van der Waals surface area contributed by atoms with Gasteiger partial charge in [-0.1, -0.05) is 0 Å². The van der Waals surface area contributed by atoms with Crippen LogP contribution in [0.15, 0.2) is 0 Å². The van der Waals surface area contributed by atoms with E-state index in [2.05, 4.69) is 5.32 Å². The van der Waals surface area contributed by atoms with E-state index < -0.39 is 9.84 Å². The van der Waals surface area contributed by atoms with Gasteiger partial charge in [0.05, 0.1) is 11.5 Å². The molecule has 0 aromatic heterocycles. The van der Waals surface area contributed by atoms with Crippen molar-refractivity contribution in [2.75, 3.05) is 24.6 Å². The molecule has 84 valence electrons. The van der Waals surface area contributed by atoms with Crippen molar-refractivity contribution in [3.8, 4) is 0 Å². The van der Waals surface area contributed by atoms with Crippen molar-refractivity contribution in [2.24, 2.45) is 5.41 Å². The second-order valence-electron chi connectivity index (χ2n) is 4.48. The molecule has 0 saturated carbocycles. The molecule has 0 bridgehead atoms. The van der Waals surface area contributed by atoms with Crippen molar-refractivity contribution in [3.05, 3.63) is 0 Å². The lowest BCUT2D eigenvalue weighted by Crippen LogP contribution is -2.47. The zero-order valence-electron chi connectivity index (χ0n) is 8.29. The molecule has 1 N–H and O–H groups in total. The van der Waals surface area contributed by atoms with Gasteiger partial charge in [-0.15, -0.1) is 12.4 Å². The van der Waals surface area contributed by atoms with Gasteiger partial charge in [0.25, 0.3) is 0 Å². The first-order valence-electron chi connectivity index (χ1n) is 5.03. The van der Waals surface area contributed by atoms with E-state index in [0.717, 1.165) is 38.8 Å². The van der Waals surface area contributed by atoms with Crippen LogP contribution in [0, 0.1) is 5.41 Å². The van der Waals surface area contributed by atoms with Crippen LogP contribution in [0.3, 0.4) is 0 Å². The Labute approximate surface area is 92.0 Å². The van der Waals surface area contributed by atoms with E-state index >= 15 is 0 Å². The maximum atomic E-state index is 11.5. The molecule has 2 rings (SSSR count). The quantitative estimate of drug-likeness (QED) is 0.686. The van der Waals surface area contributed by atoms with E-state index in [0.29, 0.717) is 11.5 Å². The van der Waals surface area contributed by atoms with Gasteiger partial charge in [0.1, 0.15) is 0 Å². The summed E-state index contributed by atoms with van der Waals surface area (Å²) >= 11 is 0. The minimum absolute atomic E-state index is 0. The number of nitrogens with one attached hydrogen (secondary N) is 1. The predicted octanol–water partition coefficient (Wildman–Crippen LogP) is 0.987. The highest BCUT2D eigenvalue weighted by molar-refractivity contribution is 7.91. The topological polar surface area (TPSA) is 46.2 Å². The Morgan fingerprint density at radius 1 is 1.14 bits per heavy atom.